The quantitative estimate of drug-likeness (QED) is 0.212. The fraction of sp³-hybridized carbons (Fsp3) is 0.333. The van der Waals surface area contributed by atoms with E-state index in [9.17, 15) is 9.59 Å². The lowest BCUT2D eigenvalue weighted by molar-refractivity contribution is -0.122. The molecule has 1 aliphatic heterocycles. The van der Waals surface area contributed by atoms with Crippen LogP contribution in [-0.4, -0.2) is 44.7 Å². The van der Waals surface area contributed by atoms with Crippen LogP contribution in [0.5, 0.6) is 5.75 Å². The minimum atomic E-state index is -0.222. The Labute approximate surface area is 220 Å². The number of amides is 1. The van der Waals surface area contributed by atoms with Gasteiger partial charge in [0.1, 0.15) is 21.5 Å². The maximum atomic E-state index is 13.4. The first kappa shape index (κ1) is 25.9. The van der Waals surface area contributed by atoms with Gasteiger partial charge in [0, 0.05) is 19.3 Å². The Morgan fingerprint density at radius 2 is 1.92 bits per heavy atom. The minimum absolute atomic E-state index is 0.190. The molecular weight excluding hydrogens is 492 g/mol. The molecule has 1 amide bonds. The van der Waals surface area contributed by atoms with Crippen molar-refractivity contribution < 1.29 is 9.53 Å². The van der Waals surface area contributed by atoms with Crippen LogP contribution >= 0.6 is 24.0 Å². The highest BCUT2D eigenvalue weighted by Gasteiger charge is 2.32. The lowest BCUT2D eigenvalue weighted by Crippen LogP contribution is -2.30. The van der Waals surface area contributed by atoms with Crippen molar-refractivity contribution in [2.75, 3.05) is 25.5 Å². The fourth-order valence-corrected chi connectivity index (χ4v) is 5.27. The van der Waals surface area contributed by atoms with Crippen molar-refractivity contribution in [1.82, 2.24) is 14.3 Å². The number of carbonyl (C=O) groups excluding carboxylic acids is 1. The number of rotatable bonds is 11. The topological polar surface area (TPSA) is 75.9 Å². The number of anilines is 1. The van der Waals surface area contributed by atoms with Crippen molar-refractivity contribution in [3.05, 3.63) is 75.0 Å². The number of hydrogen-bond acceptors (Lipinski definition) is 7. The molecule has 0 spiro atoms. The molecule has 3 aromatic rings. The Balaban J connectivity index is 1.56. The molecule has 0 saturated carbocycles. The number of benzene rings is 1. The standard InChI is InChI=1S/C27H30N4O3S2/c1-3-4-5-7-15-28-24-21(25(32)30-16-8-6-9-23(30)29-24)18-22-26(33)31(27(35)36-22)17-14-19-10-12-20(34-2)13-11-19/h6,8-13,16,18,28H,3-5,7,14-15,17H2,1-2H3/b22-18+. The van der Waals surface area contributed by atoms with E-state index >= 15 is 0 Å². The van der Waals surface area contributed by atoms with E-state index in [0.29, 0.717) is 45.8 Å². The van der Waals surface area contributed by atoms with E-state index in [2.05, 4.69) is 17.2 Å². The number of nitrogens with zero attached hydrogens (tertiary/aromatic N) is 3. The van der Waals surface area contributed by atoms with Gasteiger partial charge >= 0.3 is 0 Å². The maximum absolute atomic E-state index is 13.4. The third-order valence-electron chi connectivity index (χ3n) is 6.02. The summed E-state index contributed by atoms with van der Waals surface area (Å²) < 4.78 is 7.19. The zero-order valence-corrected chi connectivity index (χ0v) is 22.2. The summed E-state index contributed by atoms with van der Waals surface area (Å²) >= 11 is 6.73. The first-order valence-electron chi connectivity index (χ1n) is 12.2. The zero-order chi connectivity index (χ0) is 25.5. The van der Waals surface area contributed by atoms with Gasteiger partial charge in [-0.1, -0.05) is 68.4 Å². The molecule has 0 radical (unpaired) electrons. The molecule has 0 bridgehead atoms. The second-order valence-corrected chi connectivity index (χ2v) is 10.2. The van der Waals surface area contributed by atoms with Gasteiger partial charge in [0.25, 0.3) is 11.5 Å². The number of pyridine rings is 1. The molecule has 1 saturated heterocycles. The molecule has 1 fully saturated rings. The van der Waals surface area contributed by atoms with Gasteiger partial charge in [-0.15, -0.1) is 0 Å². The number of hydrogen-bond donors (Lipinski definition) is 1. The predicted octanol–water partition coefficient (Wildman–Crippen LogP) is 5.14. The van der Waals surface area contributed by atoms with Crippen LogP contribution in [0.15, 0.2) is 58.4 Å². The lowest BCUT2D eigenvalue weighted by Gasteiger charge is -2.14. The van der Waals surface area contributed by atoms with Gasteiger partial charge in [0.15, 0.2) is 0 Å². The van der Waals surface area contributed by atoms with Gasteiger partial charge < -0.3 is 10.1 Å². The Hall–Kier alpha value is -3.17. The summed E-state index contributed by atoms with van der Waals surface area (Å²) in [4.78, 5) is 33.3. The summed E-state index contributed by atoms with van der Waals surface area (Å²) in [7, 11) is 1.63. The Kier molecular flexibility index (Phi) is 8.77. The molecule has 0 atom stereocenters. The molecule has 0 aliphatic carbocycles. The maximum Gasteiger partial charge on any atom is 0.267 e. The largest absolute Gasteiger partial charge is 0.497 e. The average Bonchev–Trinajstić information content (AvgIpc) is 3.16. The van der Waals surface area contributed by atoms with Crippen LogP contribution in [0, 0.1) is 0 Å². The third kappa shape index (κ3) is 5.96. The van der Waals surface area contributed by atoms with Crippen molar-refractivity contribution in [3.63, 3.8) is 0 Å². The van der Waals surface area contributed by atoms with Crippen LogP contribution in [0.4, 0.5) is 5.82 Å². The van der Waals surface area contributed by atoms with Gasteiger partial charge in [-0.05, 0) is 48.7 Å². The smallest absolute Gasteiger partial charge is 0.267 e. The lowest BCUT2D eigenvalue weighted by atomic mass is 10.1. The molecule has 188 valence electrons. The van der Waals surface area contributed by atoms with Gasteiger partial charge in [0.05, 0.1) is 17.6 Å². The van der Waals surface area contributed by atoms with Crippen LogP contribution in [0.25, 0.3) is 11.7 Å². The van der Waals surface area contributed by atoms with Gasteiger partial charge in [-0.2, -0.15) is 0 Å². The van der Waals surface area contributed by atoms with Gasteiger partial charge in [-0.3, -0.25) is 18.9 Å². The van der Waals surface area contributed by atoms with Crippen molar-refractivity contribution in [2.24, 2.45) is 0 Å². The average molecular weight is 523 g/mol. The number of ether oxygens (including phenoxy) is 1. The normalized spacial score (nSPS) is 14.7. The summed E-state index contributed by atoms with van der Waals surface area (Å²) in [6, 6.07) is 13.2. The highest BCUT2D eigenvalue weighted by molar-refractivity contribution is 8.26. The van der Waals surface area contributed by atoms with Crippen molar-refractivity contribution in [2.45, 2.75) is 39.0 Å². The molecule has 7 nitrogen and oxygen atoms in total. The number of nitrogens with one attached hydrogen (secondary N) is 1. The van der Waals surface area contributed by atoms with Crippen molar-refractivity contribution >= 4 is 51.7 Å². The van der Waals surface area contributed by atoms with Gasteiger partial charge in [0.2, 0.25) is 0 Å². The molecule has 3 heterocycles. The molecule has 2 aromatic heterocycles. The molecule has 4 rings (SSSR count). The SMILES string of the molecule is CCCCCCNc1nc2ccccn2c(=O)c1/C=C1/SC(=S)N(CCc2ccc(OC)cc2)C1=O. The van der Waals surface area contributed by atoms with E-state index in [0.717, 1.165) is 30.6 Å². The number of carbonyl (C=O) groups is 1. The Morgan fingerprint density at radius 3 is 2.67 bits per heavy atom. The van der Waals surface area contributed by atoms with E-state index < -0.39 is 0 Å². The van der Waals surface area contributed by atoms with E-state index in [4.69, 9.17) is 17.0 Å². The molecule has 0 unspecified atom stereocenters. The summed E-state index contributed by atoms with van der Waals surface area (Å²) in [5.41, 5.74) is 1.79. The van der Waals surface area contributed by atoms with Crippen LogP contribution < -0.4 is 15.6 Å². The number of thiocarbonyl (C=S) groups is 1. The summed E-state index contributed by atoms with van der Waals surface area (Å²) in [5, 5.41) is 3.33. The second-order valence-electron chi connectivity index (χ2n) is 8.53. The number of unbranched alkanes of at least 4 members (excludes halogenated alkanes) is 3. The fourth-order valence-electron chi connectivity index (χ4n) is 3.98. The van der Waals surface area contributed by atoms with Crippen LogP contribution in [0.3, 0.4) is 0 Å². The monoisotopic (exact) mass is 522 g/mol. The summed E-state index contributed by atoms with van der Waals surface area (Å²) in [6.07, 6.45) is 8.40. The number of thioether (sulfide) groups is 1. The summed E-state index contributed by atoms with van der Waals surface area (Å²) in [5.74, 6) is 1.09. The zero-order valence-electron chi connectivity index (χ0n) is 20.5. The molecule has 1 N–H and O–H groups in total. The number of methoxy groups -OCH3 is 1. The first-order chi connectivity index (χ1) is 17.5. The minimum Gasteiger partial charge on any atom is -0.497 e. The van der Waals surface area contributed by atoms with Crippen LogP contribution in [0.2, 0.25) is 0 Å². The molecular formula is C27H30N4O3S2. The van der Waals surface area contributed by atoms with Crippen molar-refractivity contribution in [1.29, 1.82) is 0 Å². The van der Waals surface area contributed by atoms with Crippen molar-refractivity contribution in [3.8, 4) is 5.75 Å². The Morgan fingerprint density at radius 1 is 1.11 bits per heavy atom. The molecule has 1 aromatic carbocycles. The van der Waals surface area contributed by atoms with E-state index in [1.165, 1.54) is 22.6 Å². The number of aromatic nitrogens is 2. The first-order valence-corrected chi connectivity index (χ1v) is 13.4. The number of fused-ring (bicyclic) bond motifs is 1. The highest BCUT2D eigenvalue weighted by Crippen LogP contribution is 2.33. The molecule has 1 aliphatic rings. The predicted molar refractivity (Wildman–Crippen MR) is 151 cm³/mol. The van der Waals surface area contributed by atoms with Gasteiger partial charge in [-0.25, -0.2) is 4.98 Å². The van der Waals surface area contributed by atoms with E-state index in [1.54, 1.807) is 36.4 Å². The molecule has 36 heavy (non-hydrogen) atoms. The van der Waals surface area contributed by atoms with E-state index in [1.807, 2.05) is 30.3 Å². The van der Waals surface area contributed by atoms with E-state index in [-0.39, 0.29) is 11.5 Å². The Bertz CT molecular complexity index is 1340. The summed E-state index contributed by atoms with van der Waals surface area (Å²) in [6.45, 7) is 3.34. The highest BCUT2D eigenvalue weighted by atomic mass is 32.2. The van der Waals surface area contributed by atoms with Crippen LogP contribution in [-0.2, 0) is 11.2 Å². The van der Waals surface area contributed by atoms with Crippen LogP contribution in [0.1, 0.15) is 43.7 Å². The molecule has 9 heteroatoms. The third-order valence-corrected chi connectivity index (χ3v) is 7.40. The second kappa shape index (κ2) is 12.2.